The third kappa shape index (κ3) is 5.42. The molecule has 2 aromatic carbocycles. The first-order valence-corrected chi connectivity index (χ1v) is 7.92. The molecular formula is C18H16ClN3O4. The van der Waals surface area contributed by atoms with Crippen LogP contribution in [0.25, 0.3) is 0 Å². The number of carbonyl (C=O) groups is 3. The highest BCUT2D eigenvalue weighted by Crippen LogP contribution is 2.14. The van der Waals surface area contributed by atoms with Gasteiger partial charge in [-0.05, 0) is 29.3 Å². The molecule has 0 radical (unpaired) electrons. The van der Waals surface area contributed by atoms with Crippen LogP contribution >= 0.6 is 11.6 Å². The first kappa shape index (κ1) is 19.1. The SMILES string of the molecule is COC(=O)c1ccc(C=NNC(=O)C(=O)NCc2ccccc2Cl)cc1. The fourth-order valence-corrected chi connectivity index (χ4v) is 2.14. The van der Waals surface area contributed by atoms with E-state index in [0.29, 0.717) is 21.7 Å². The topological polar surface area (TPSA) is 96.9 Å². The summed E-state index contributed by atoms with van der Waals surface area (Å²) >= 11 is 5.97. The number of hydrogen-bond donors (Lipinski definition) is 2. The number of esters is 1. The monoisotopic (exact) mass is 373 g/mol. The molecule has 2 amide bonds. The largest absolute Gasteiger partial charge is 0.465 e. The second-order valence-corrected chi connectivity index (χ2v) is 5.49. The average molecular weight is 374 g/mol. The van der Waals surface area contributed by atoms with Crippen LogP contribution in [-0.2, 0) is 20.9 Å². The van der Waals surface area contributed by atoms with Crippen LogP contribution in [0.15, 0.2) is 53.6 Å². The molecule has 0 unspecified atom stereocenters. The molecule has 8 heteroatoms. The number of nitrogens with zero attached hydrogens (tertiary/aromatic N) is 1. The molecule has 2 rings (SSSR count). The Morgan fingerprint density at radius 2 is 1.77 bits per heavy atom. The van der Waals surface area contributed by atoms with Crippen LogP contribution in [0, 0.1) is 0 Å². The minimum absolute atomic E-state index is 0.130. The van der Waals surface area contributed by atoms with Crippen molar-refractivity contribution in [2.45, 2.75) is 6.54 Å². The molecule has 0 aromatic heterocycles. The van der Waals surface area contributed by atoms with Gasteiger partial charge in [0.05, 0.1) is 18.9 Å². The molecule has 0 aliphatic heterocycles. The highest BCUT2D eigenvalue weighted by molar-refractivity contribution is 6.35. The lowest BCUT2D eigenvalue weighted by molar-refractivity contribution is -0.139. The molecule has 2 N–H and O–H groups in total. The number of benzene rings is 2. The van der Waals surface area contributed by atoms with E-state index in [1.54, 1.807) is 48.5 Å². The summed E-state index contributed by atoms with van der Waals surface area (Å²) in [6, 6.07) is 13.4. The Morgan fingerprint density at radius 3 is 2.42 bits per heavy atom. The van der Waals surface area contributed by atoms with Gasteiger partial charge >= 0.3 is 17.8 Å². The summed E-state index contributed by atoms with van der Waals surface area (Å²) in [6.07, 6.45) is 1.35. The van der Waals surface area contributed by atoms with Gasteiger partial charge in [0.2, 0.25) is 0 Å². The zero-order valence-corrected chi connectivity index (χ0v) is 14.6. The van der Waals surface area contributed by atoms with E-state index in [9.17, 15) is 14.4 Å². The van der Waals surface area contributed by atoms with Crippen molar-refractivity contribution in [3.05, 3.63) is 70.2 Å². The highest BCUT2D eigenvalue weighted by atomic mass is 35.5. The van der Waals surface area contributed by atoms with Crippen molar-refractivity contribution in [2.24, 2.45) is 5.10 Å². The number of carbonyl (C=O) groups excluding carboxylic acids is 3. The standard InChI is InChI=1S/C18H16ClN3O4/c1-26-18(25)13-8-6-12(7-9-13)10-21-22-17(24)16(23)20-11-14-4-2-3-5-15(14)19/h2-10H,11H2,1H3,(H,20,23)(H,22,24). The van der Waals surface area contributed by atoms with Crippen LogP contribution in [0.2, 0.25) is 5.02 Å². The van der Waals surface area contributed by atoms with Gasteiger partial charge in [0.15, 0.2) is 0 Å². The summed E-state index contributed by atoms with van der Waals surface area (Å²) in [5.41, 5.74) is 3.85. The van der Waals surface area contributed by atoms with Crippen LogP contribution in [-0.4, -0.2) is 31.1 Å². The van der Waals surface area contributed by atoms with Gasteiger partial charge in [-0.15, -0.1) is 0 Å². The Balaban J connectivity index is 1.83. The Bertz CT molecular complexity index is 835. The summed E-state index contributed by atoms with van der Waals surface area (Å²) in [4.78, 5) is 34.7. The zero-order chi connectivity index (χ0) is 18.9. The number of hydrazone groups is 1. The summed E-state index contributed by atoms with van der Waals surface area (Å²) in [5, 5.41) is 6.66. The lowest BCUT2D eigenvalue weighted by Gasteiger charge is -2.05. The van der Waals surface area contributed by atoms with Gasteiger partial charge in [-0.3, -0.25) is 9.59 Å². The second kappa shape index (κ2) is 9.33. The van der Waals surface area contributed by atoms with Gasteiger partial charge in [-0.2, -0.15) is 5.10 Å². The van der Waals surface area contributed by atoms with E-state index in [4.69, 9.17) is 11.6 Å². The smallest absolute Gasteiger partial charge is 0.337 e. The third-order valence-corrected chi connectivity index (χ3v) is 3.68. The minimum atomic E-state index is -0.903. The molecule has 0 heterocycles. The number of rotatable bonds is 5. The Morgan fingerprint density at radius 1 is 1.08 bits per heavy atom. The van der Waals surface area contributed by atoms with E-state index in [1.165, 1.54) is 13.3 Å². The molecule has 134 valence electrons. The second-order valence-electron chi connectivity index (χ2n) is 5.09. The molecule has 2 aromatic rings. The molecule has 26 heavy (non-hydrogen) atoms. The first-order chi connectivity index (χ1) is 12.5. The van der Waals surface area contributed by atoms with Crippen LogP contribution in [0.5, 0.6) is 0 Å². The van der Waals surface area contributed by atoms with Gasteiger partial charge < -0.3 is 10.1 Å². The van der Waals surface area contributed by atoms with Crippen molar-refractivity contribution >= 4 is 35.6 Å². The molecule has 0 saturated heterocycles. The van der Waals surface area contributed by atoms with E-state index in [1.807, 2.05) is 0 Å². The lowest BCUT2D eigenvalue weighted by Crippen LogP contribution is -2.37. The van der Waals surface area contributed by atoms with Crippen LogP contribution in [0.1, 0.15) is 21.5 Å². The van der Waals surface area contributed by atoms with Crippen molar-refractivity contribution in [2.75, 3.05) is 7.11 Å². The molecule has 0 fully saturated rings. The fourth-order valence-electron chi connectivity index (χ4n) is 1.94. The number of nitrogens with one attached hydrogen (secondary N) is 2. The summed E-state index contributed by atoms with van der Waals surface area (Å²) in [7, 11) is 1.30. The molecule has 0 atom stereocenters. The normalized spacial score (nSPS) is 10.4. The first-order valence-electron chi connectivity index (χ1n) is 7.54. The Kier molecular flexibility index (Phi) is 6.87. The third-order valence-electron chi connectivity index (χ3n) is 3.31. The Labute approximate surface area is 155 Å². The molecular weight excluding hydrogens is 358 g/mol. The molecule has 0 aliphatic carbocycles. The van der Waals surface area contributed by atoms with E-state index in [0.717, 1.165) is 0 Å². The van der Waals surface area contributed by atoms with Crippen molar-refractivity contribution in [3.8, 4) is 0 Å². The number of amides is 2. The van der Waals surface area contributed by atoms with E-state index in [2.05, 4.69) is 20.6 Å². The van der Waals surface area contributed by atoms with Gasteiger partial charge in [0.25, 0.3) is 0 Å². The fraction of sp³-hybridized carbons (Fsp3) is 0.111. The predicted molar refractivity (Wildman–Crippen MR) is 96.8 cm³/mol. The summed E-state index contributed by atoms with van der Waals surface area (Å²) < 4.78 is 4.60. The minimum Gasteiger partial charge on any atom is -0.465 e. The molecule has 0 spiro atoms. The van der Waals surface area contributed by atoms with Crippen LogP contribution in [0.3, 0.4) is 0 Å². The van der Waals surface area contributed by atoms with Crippen molar-refractivity contribution in [1.82, 2.24) is 10.7 Å². The maximum Gasteiger partial charge on any atom is 0.337 e. The summed E-state index contributed by atoms with van der Waals surface area (Å²) in [6.45, 7) is 0.130. The highest BCUT2D eigenvalue weighted by Gasteiger charge is 2.12. The quantitative estimate of drug-likeness (QED) is 0.362. The number of methoxy groups -OCH3 is 1. The van der Waals surface area contributed by atoms with Crippen molar-refractivity contribution < 1.29 is 19.1 Å². The maximum absolute atomic E-state index is 11.7. The predicted octanol–water partition coefficient (Wildman–Crippen LogP) is 1.89. The summed E-state index contributed by atoms with van der Waals surface area (Å²) in [5.74, 6) is -2.18. The average Bonchev–Trinajstić information content (AvgIpc) is 2.67. The van der Waals surface area contributed by atoms with E-state index >= 15 is 0 Å². The van der Waals surface area contributed by atoms with Crippen molar-refractivity contribution in [3.63, 3.8) is 0 Å². The number of ether oxygens (including phenoxy) is 1. The van der Waals surface area contributed by atoms with Gasteiger partial charge in [0, 0.05) is 11.6 Å². The molecule has 0 bridgehead atoms. The molecule has 0 aliphatic rings. The number of hydrogen-bond acceptors (Lipinski definition) is 5. The van der Waals surface area contributed by atoms with Crippen LogP contribution < -0.4 is 10.7 Å². The zero-order valence-electron chi connectivity index (χ0n) is 13.9. The lowest BCUT2D eigenvalue weighted by atomic mass is 10.1. The van der Waals surface area contributed by atoms with Gasteiger partial charge in [-0.1, -0.05) is 41.9 Å². The number of halogens is 1. The van der Waals surface area contributed by atoms with E-state index < -0.39 is 17.8 Å². The molecule has 7 nitrogen and oxygen atoms in total. The van der Waals surface area contributed by atoms with E-state index in [-0.39, 0.29) is 6.54 Å². The van der Waals surface area contributed by atoms with Gasteiger partial charge in [0.1, 0.15) is 0 Å². The molecule has 0 saturated carbocycles. The maximum atomic E-state index is 11.7. The Hall–Kier alpha value is -3.19. The van der Waals surface area contributed by atoms with Crippen molar-refractivity contribution in [1.29, 1.82) is 0 Å². The van der Waals surface area contributed by atoms with Crippen LogP contribution in [0.4, 0.5) is 0 Å². The van der Waals surface area contributed by atoms with Gasteiger partial charge in [-0.25, -0.2) is 10.2 Å².